The minimum Gasteiger partial charge on any atom is -0.398 e. The highest BCUT2D eigenvalue weighted by molar-refractivity contribution is 7.90. The fourth-order valence-electron chi connectivity index (χ4n) is 3.25. The number of nitrogen functional groups attached to an aromatic ring is 1. The maximum atomic E-state index is 13.0. The van der Waals surface area contributed by atoms with E-state index in [0.29, 0.717) is 27.7 Å². The van der Waals surface area contributed by atoms with Crippen LogP contribution < -0.4 is 22.5 Å². The van der Waals surface area contributed by atoms with E-state index in [1.54, 1.807) is 42.5 Å². The summed E-state index contributed by atoms with van der Waals surface area (Å²) >= 11 is 12.1. The number of amides is 1. The quantitative estimate of drug-likeness (QED) is 0.202. The predicted octanol–water partition coefficient (Wildman–Crippen LogP) is 3.74. The summed E-state index contributed by atoms with van der Waals surface area (Å²) in [5, 5.41) is 3.49. The molecule has 0 bridgehead atoms. The highest BCUT2D eigenvalue weighted by atomic mass is 35.5. The van der Waals surface area contributed by atoms with Gasteiger partial charge in [-0.05, 0) is 61.0 Å². The summed E-state index contributed by atoms with van der Waals surface area (Å²) in [5.74, 6) is -1.24. The van der Waals surface area contributed by atoms with Crippen LogP contribution in [0.4, 0.5) is 11.4 Å². The van der Waals surface area contributed by atoms with Crippen molar-refractivity contribution in [1.82, 2.24) is 0 Å². The second kappa shape index (κ2) is 10.9. The molecule has 178 valence electrons. The highest BCUT2D eigenvalue weighted by Crippen LogP contribution is 2.29. The molecule has 3 aromatic rings. The molecule has 1 atom stereocenters. The molecule has 3 rings (SSSR count). The lowest BCUT2D eigenvalue weighted by atomic mass is 9.94. The maximum Gasteiger partial charge on any atom is 0.284 e. The van der Waals surface area contributed by atoms with Crippen molar-refractivity contribution in [2.75, 3.05) is 17.6 Å². The van der Waals surface area contributed by atoms with Crippen molar-refractivity contribution < 1.29 is 13.2 Å². The third-order valence-electron chi connectivity index (χ3n) is 4.97. The molecule has 1 amide bonds. The minimum atomic E-state index is -4.04. The van der Waals surface area contributed by atoms with Crippen LogP contribution in [0.2, 0.25) is 10.0 Å². The first-order valence-electron chi connectivity index (χ1n) is 10.1. The number of nitrogens with zero attached hydrogens (tertiary/aromatic N) is 1. The fraction of sp³-hybridized carbons (Fsp3) is 0.130. The van der Waals surface area contributed by atoms with Gasteiger partial charge in [0.15, 0.2) is 0 Å². The zero-order valence-electron chi connectivity index (χ0n) is 17.9. The normalized spacial score (nSPS) is 12.9. The number of hydrogen-bond acceptors (Lipinski definition) is 5. The van der Waals surface area contributed by atoms with Crippen molar-refractivity contribution in [1.29, 1.82) is 0 Å². The number of hydrogen-bond donors (Lipinski definition) is 4. The molecule has 11 heteroatoms. The van der Waals surface area contributed by atoms with E-state index in [-0.39, 0.29) is 34.4 Å². The number of nitrogens with one attached hydrogen (secondary N) is 1. The van der Waals surface area contributed by atoms with Gasteiger partial charge in [0.1, 0.15) is 5.84 Å². The molecule has 0 heterocycles. The molecular formula is C23H23Cl2N5O3S. The minimum absolute atomic E-state index is 0.00719. The van der Waals surface area contributed by atoms with E-state index in [1.807, 2.05) is 0 Å². The first-order chi connectivity index (χ1) is 16.1. The summed E-state index contributed by atoms with van der Waals surface area (Å²) in [7, 11) is -4.04. The second-order valence-electron chi connectivity index (χ2n) is 7.36. The number of carbonyl (C=O) groups excluding carboxylic acids is 1. The molecule has 7 N–H and O–H groups in total. The summed E-state index contributed by atoms with van der Waals surface area (Å²) in [4.78, 5) is 13.0. The average molecular weight is 520 g/mol. The molecule has 0 radical (unpaired) electrons. The van der Waals surface area contributed by atoms with Crippen LogP contribution in [0.25, 0.3) is 0 Å². The second-order valence-corrected chi connectivity index (χ2v) is 9.78. The SMILES string of the molecule is NCCC(C(=O)Nc1ccc(N)c(C(N)=NS(=O)(=O)c2ccccc2)c1)c1ccc(Cl)c(Cl)c1. The van der Waals surface area contributed by atoms with E-state index in [0.717, 1.165) is 0 Å². The standard InChI is InChI=1S/C23H23Cl2N5O3S/c24-19-8-6-14(12-20(19)25)17(10-11-26)23(31)29-15-7-9-21(27)18(13-15)22(28)30-34(32,33)16-4-2-1-3-5-16/h1-9,12-13,17H,10-11,26-27H2,(H2,28,30)(H,29,31). The van der Waals surface area contributed by atoms with Crippen LogP contribution in [-0.4, -0.2) is 26.7 Å². The fourth-order valence-corrected chi connectivity index (χ4v) is 4.52. The maximum absolute atomic E-state index is 13.0. The zero-order chi connectivity index (χ0) is 24.9. The van der Waals surface area contributed by atoms with Crippen LogP contribution in [0.5, 0.6) is 0 Å². The van der Waals surface area contributed by atoms with E-state index in [1.165, 1.54) is 24.3 Å². The number of rotatable bonds is 8. The number of anilines is 2. The van der Waals surface area contributed by atoms with Crippen LogP contribution >= 0.6 is 23.2 Å². The molecule has 3 aromatic carbocycles. The number of halogens is 2. The Kier molecular flexibility index (Phi) is 8.16. The van der Waals surface area contributed by atoms with Gasteiger partial charge in [-0.25, -0.2) is 0 Å². The van der Waals surface area contributed by atoms with E-state index < -0.39 is 15.9 Å². The van der Waals surface area contributed by atoms with E-state index in [4.69, 9.17) is 40.4 Å². The summed E-state index contributed by atoms with van der Waals surface area (Å²) in [6.45, 7) is 0.266. The molecule has 0 aliphatic heterocycles. The number of carbonyl (C=O) groups is 1. The molecule has 8 nitrogen and oxygen atoms in total. The zero-order valence-corrected chi connectivity index (χ0v) is 20.2. The monoisotopic (exact) mass is 519 g/mol. The molecule has 0 aliphatic rings. The Morgan fingerprint density at radius 1 is 1.00 bits per heavy atom. The molecule has 1 unspecified atom stereocenters. The number of benzene rings is 3. The van der Waals surface area contributed by atoms with Crippen molar-refractivity contribution >= 4 is 56.3 Å². The van der Waals surface area contributed by atoms with Gasteiger partial charge < -0.3 is 22.5 Å². The molecule has 0 aliphatic carbocycles. The van der Waals surface area contributed by atoms with Crippen molar-refractivity contribution in [2.45, 2.75) is 17.2 Å². The van der Waals surface area contributed by atoms with Crippen molar-refractivity contribution in [3.63, 3.8) is 0 Å². The lowest BCUT2D eigenvalue weighted by Gasteiger charge is -2.18. The first-order valence-corrected chi connectivity index (χ1v) is 12.3. The number of nitrogens with two attached hydrogens (primary N) is 3. The van der Waals surface area contributed by atoms with E-state index in [9.17, 15) is 13.2 Å². The van der Waals surface area contributed by atoms with Crippen LogP contribution in [0, 0.1) is 0 Å². The van der Waals surface area contributed by atoms with Crippen LogP contribution in [0.15, 0.2) is 76.0 Å². The Hall–Kier alpha value is -3.11. The molecule has 34 heavy (non-hydrogen) atoms. The van der Waals surface area contributed by atoms with Gasteiger partial charge in [0.05, 0.1) is 20.9 Å². The Labute approximate surface area is 207 Å². The summed E-state index contributed by atoms with van der Waals surface area (Å²) in [5.41, 5.74) is 19.1. The smallest absolute Gasteiger partial charge is 0.284 e. The van der Waals surface area contributed by atoms with Crippen molar-refractivity contribution in [2.24, 2.45) is 15.9 Å². The first kappa shape index (κ1) is 25.5. The highest BCUT2D eigenvalue weighted by Gasteiger charge is 2.22. The van der Waals surface area contributed by atoms with Gasteiger partial charge in [-0.1, -0.05) is 47.5 Å². The number of amidine groups is 1. The Morgan fingerprint density at radius 2 is 1.71 bits per heavy atom. The summed E-state index contributed by atoms with van der Waals surface area (Å²) < 4.78 is 28.8. The molecule has 0 fully saturated rings. The van der Waals surface area contributed by atoms with Gasteiger partial charge in [-0.2, -0.15) is 8.42 Å². The van der Waals surface area contributed by atoms with E-state index >= 15 is 0 Å². The van der Waals surface area contributed by atoms with Crippen LogP contribution in [0.1, 0.15) is 23.5 Å². The van der Waals surface area contributed by atoms with Gasteiger partial charge in [-0.3, -0.25) is 4.79 Å². The Balaban J connectivity index is 1.89. The Bertz CT molecular complexity index is 1330. The van der Waals surface area contributed by atoms with Crippen molar-refractivity contribution in [3.8, 4) is 0 Å². The third-order valence-corrected chi connectivity index (χ3v) is 7.02. The largest absolute Gasteiger partial charge is 0.398 e. The Morgan fingerprint density at radius 3 is 2.35 bits per heavy atom. The number of sulfonamides is 1. The molecule has 0 saturated heterocycles. The van der Waals surface area contributed by atoms with Gasteiger partial charge >= 0.3 is 0 Å². The van der Waals surface area contributed by atoms with Crippen LogP contribution in [-0.2, 0) is 14.8 Å². The van der Waals surface area contributed by atoms with E-state index in [2.05, 4.69) is 9.71 Å². The average Bonchev–Trinajstić information content (AvgIpc) is 2.80. The molecule has 0 aromatic heterocycles. The molecular weight excluding hydrogens is 497 g/mol. The van der Waals surface area contributed by atoms with Gasteiger partial charge in [0, 0.05) is 16.9 Å². The summed E-state index contributed by atoms with van der Waals surface area (Å²) in [6.07, 6.45) is 0.366. The van der Waals surface area contributed by atoms with Gasteiger partial charge in [0.2, 0.25) is 5.91 Å². The molecule has 0 saturated carbocycles. The third kappa shape index (κ3) is 6.06. The lowest BCUT2D eigenvalue weighted by molar-refractivity contribution is -0.117. The topological polar surface area (TPSA) is 154 Å². The van der Waals surface area contributed by atoms with Gasteiger partial charge in [0.25, 0.3) is 10.0 Å². The lowest BCUT2D eigenvalue weighted by Crippen LogP contribution is -2.24. The summed E-state index contributed by atoms with van der Waals surface area (Å²) in [6, 6.07) is 17.1. The molecule has 0 spiro atoms. The van der Waals surface area contributed by atoms with Gasteiger partial charge in [-0.15, -0.1) is 4.40 Å². The van der Waals surface area contributed by atoms with Crippen molar-refractivity contribution in [3.05, 3.63) is 87.9 Å². The van der Waals surface area contributed by atoms with Crippen LogP contribution in [0.3, 0.4) is 0 Å². The predicted molar refractivity (Wildman–Crippen MR) is 137 cm³/mol.